The van der Waals surface area contributed by atoms with Gasteiger partial charge in [0.15, 0.2) is 0 Å². The molecule has 0 atom stereocenters. The molecule has 1 N–H and O–H groups in total. The van der Waals surface area contributed by atoms with E-state index in [0.717, 1.165) is 10.6 Å². The zero-order valence-electron chi connectivity index (χ0n) is 11.3. The molecule has 0 aliphatic heterocycles. The van der Waals surface area contributed by atoms with E-state index in [9.17, 15) is 9.90 Å². The third kappa shape index (κ3) is 2.46. The van der Waals surface area contributed by atoms with Crippen LogP contribution in [0.3, 0.4) is 0 Å². The summed E-state index contributed by atoms with van der Waals surface area (Å²) in [5, 5.41) is 13.5. The fraction of sp³-hybridized carbons (Fsp3) is 0.417. The van der Waals surface area contributed by atoms with Crippen molar-refractivity contribution in [2.75, 3.05) is 11.9 Å². The van der Waals surface area contributed by atoms with E-state index in [0.29, 0.717) is 18.1 Å². The third-order valence-corrected chi connectivity index (χ3v) is 3.91. The maximum atomic E-state index is 11.3. The van der Waals surface area contributed by atoms with Crippen molar-refractivity contribution in [1.82, 2.24) is 14.8 Å². The van der Waals surface area contributed by atoms with Crippen LogP contribution in [0.25, 0.3) is 0 Å². The Morgan fingerprint density at radius 1 is 1.47 bits per heavy atom. The molecule has 0 aromatic carbocycles. The first-order valence-electron chi connectivity index (χ1n) is 5.78. The van der Waals surface area contributed by atoms with Crippen molar-refractivity contribution in [3.63, 3.8) is 0 Å². The highest BCUT2D eigenvalue weighted by Gasteiger charge is 2.23. The van der Waals surface area contributed by atoms with Crippen LogP contribution in [0.5, 0.6) is 0 Å². The minimum atomic E-state index is -0.950. The topological polar surface area (TPSA) is 71.2 Å². The zero-order chi connectivity index (χ0) is 14.2. The Balaban J connectivity index is 2.36. The average molecular weight is 280 g/mol. The molecule has 0 spiro atoms. The summed E-state index contributed by atoms with van der Waals surface area (Å²) < 4.78 is 1.61. The highest BCUT2D eigenvalue weighted by Crippen LogP contribution is 2.25. The van der Waals surface area contributed by atoms with Crippen LogP contribution < -0.4 is 4.90 Å². The van der Waals surface area contributed by atoms with E-state index in [1.165, 1.54) is 0 Å². The predicted molar refractivity (Wildman–Crippen MR) is 73.9 cm³/mol. The Labute approximate surface area is 115 Å². The van der Waals surface area contributed by atoms with Crippen molar-refractivity contribution < 1.29 is 9.90 Å². The Morgan fingerprint density at radius 3 is 2.68 bits per heavy atom. The number of anilines is 1. The fourth-order valence-corrected chi connectivity index (χ4v) is 2.93. The van der Waals surface area contributed by atoms with Crippen molar-refractivity contribution >= 4 is 23.1 Å². The molecule has 0 aliphatic carbocycles. The first-order valence-corrected chi connectivity index (χ1v) is 6.66. The Bertz CT molecular complexity index is 617. The predicted octanol–water partition coefficient (Wildman–Crippen LogP) is 1.83. The number of carbonyl (C=O) groups is 1. The largest absolute Gasteiger partial charge is 0.477 e. The van der Waals surface area contributed by atoms with Crippen LogP contribution in [0.1, 0.15) is 26.6 Å². The molecule has 0 amide bonds. The average Bonchev–Trinajstić information content (AvgIpc) is 2.82. The zero-order valence-corrected chi connectivity index (χ0v) is 12.2. The van der Waals surface area contributed by atoms with Gasteiger partial charge >= 0.3 is 5.97 Å². The molecule has 2 rings (SSSR count). The molecule has 2 heterocycles. The van der Waals surface area contributed by atoms with Crippen molar-refractivity contribution in [2.45, 2.75) is 20.4 Å². The third-order valence-electron chi connectivity index (χ3n) is 2.99. The van der Waals surface area contributed by atoms with Crippen LogP contribution in [-0.4, -0.2) is 32.9 Å². The second-order valence-corrected chi connectivity index (χ2v) is 5.37. The lowest BCUT2D eigenvalue weighted by atomic mass is 10.2. The number of carboxylic acids is 1. The molecule has 102 valence electrons. The smallest absolute Gasteiger partial charge is 0.341 e. The standard InChI is InChI=1S/C12H16N4O2S/c1-7-9(19-6-13-7)5-15(3)11-10(12(17)18)8(2)14-16(11)4/h6H,5H2,1-4H3,(H,17,18). The summed E-state index contributed by atoms with van der Waals surface area (Å²) in [6.07, 6.45) is 0. The van der Waals surface area contributed by atoms with E-state index in [-0.39, 0.29) is 5.56 Å². The SMILES string of the molecule is Cc1ncsc1CN(C)c1c(C(=O)O)c(C)nn1C. The van der Waals surface area contributed by atoms with Crippen LogP contribution in [0, 0.1) is 13.8 Å². The number of aryl methyl sites for hydroxylation is 3. The molecule has 0 fully saturated rings. The van der Waals surface area contributed by atoms with Gasteiger partial charge in [-0.15, -0.1) is 11.3 Å². The first kappa shape index (κ1) is 13.5. The maximum Gasteiger partial charge on any atom is 0.341 e. The molecule has 0 bridgehead atoms. The van der Waals surface area contributed by atoms with Crippen LogP contribution in [0.4, 0.5) is 5.82 Å². The van der Waals surface area contributed by atoms with E-state index < -0.39 is 5.97 Å². The molecule has 0 saturated heterocycles. The number of aromatic nitrogens is 3. The van der Waals surface area contributed by atoms with Crippen molar-refractivity contribution in [3.8, 4) is 0 Å². The lowest BCUT2D eigenvalue weighted by Gasteiger charge is -2.19. The molecular weight excluding hydrogens is 264 g/mol. The van der Waals surface area contributed by atoms with E-state index >= 15 is 0 Å². The van der Waals surface area contributed by atoms with Gasteiger partial charge in [0.05, 0.1) is 23.4 Å². The number of carboxylic acid groups (broad SMARTS) is 1. The molecule has 0 unspecified atom stereocenters. The Kier molecular flexibility index (Phi) is 3.57. The highest BCUT2D eigenvalue weighted by molar-refractivity contribution is 7.09. The monoisotopic (exact) mass is 280 g/mol. The van der Waals surface area contributed by atoms with Gasteiger partial charge in [0.2, 0.25) is 0 Å². The summed E-state index contributed by atoms with van der Waals surface area (Å²) in [6, 6.07) is 0. The minimum absolute atomic E-state index is 0.257. The molecule has 0 radical (unpaired) electrons. The minimum Gasteiger partial charge on any atom is -0.477 e. The van der Waals surface area contributed by atoms with Crippen molar-refractivity contribution in [2.24, 2.45) is 7.05 Å². The van der Waals surface area contributed by atoms with Gasteiger partial charge in [0.25, 0.3) is 0 Å². The maximum absolute atomic E-state index is 11.3. The molecule has 2 aromatic heterocycles. The summed E-state index contributed by atoms with van der Waals surface area (Å²) in [5.41, 5.74) is 3.56. The summed E-state index contributed by atoms with van der Waals surface area (Å²) >= 11 is 1.57. The summed E-state index contributed by atoms with van der Waals surface area (Å²) in [5.74, 6) is -0.341. The molecule has 19 heavy (non-hydrogen) atoms. The molecule has 6 nitrogen and oxygen atoms in total. The van der Waals surface area contributed by atoms with E-state index in [2.05, 4.69) is 10.1 Å². The van der Waals surface area contributed by atoms with Crippen molar-refractivity contribution in [1.29, 1.82) is 0 Å². The number of aromatic carboxylic acids is 1. The Morgan fingerprint density at radius 2 is 2.16 bits per heavy atom. The molecule has 7 heteroatoms. The van der Waals surface area contributed by atoms with Gasteiger partial charge < -0.3 is 10.0 Å². The summed E-state index contributed by atoms with van der Waals surface area (Å²) in [6.45, 7) is 4.28. The normalized spacial score (nSPS) is 10.7. The van der Waals surface area contributed by atoms with E-state index in [4.69, 9.17) is 0 Å². The van der Waals surface area contributed by atoms with Crippen LogP contribution in [0.15, 0.2) is 5.51 Å². The number of hydrogen-bond acceptors (Lipinski definition) is 5. The summed E-state index contributed by atoms with van der Waals surface area (Å²) in [7, 11) is 3.62. The molecule has 0 saturated carbocycles. The van der Waals surface area contributed by atoms with E-state index in [1.807, 2.05) is 18.9 Å². The quantitative estimate of drug-likeness (QED) is 0.925. The van der Waals surface area contributed by atoms with E-state index in [1.54, 1.807) is 35.5 Å². The second-order valence-electron chi connectivity index (χ2n) is 4.43. The van der Waals surface area contributed by atoms with Crippen LogP contribution in [-0.2, 0) is 13.6 Å². The van der Waals surface area contributed by atoms with Gasteiger partial charge in [-0.2, -0.15) is 5.10 Å². The molecule has 2 aromatic rings. The van der Waals surface area contributed by atoms with Gasteiger partial charge in [0.1, 0.15) is 11.4 Å². The highest BCUT2D eigenvalue weighted by atomic mass is 32.1. The lowest BCUT2D eigenvalue weighted by molar-refractivity contribution is 0.0696. The van der Waals surface area contributed by atoms with Gasteiger partial charge in [-0.05, 0) is 13.8 Å². The summed E-state index contributed by atoms with van der Waals surface area (Å²) in [4.78, 5) is 18.6. The van der Waals surface area contributed by atoms with Crippen LogP contribution in [0.2, 0.25) is 0 Å². The molecular formula is C12H16N4O2S. The first-order chi connectivity index (χ1) is 8.91. The van der Waals surface area contributed by atoms with Gasteiger partial charge in [-0.3, -0.25) is 4.68 Å². The second kappa shape index (κ2) is 5.00. The number of nitrogens with zero attached hydrogens (tertiary/aromatic N) is 4. The number of hydrogen-bond donors (Lipinski definition) is 1. The van der Waals surface area contributed by atoms with Gasteiger partial charge in [-0.25, -0.2) is 9.78 Å². The Hall–Kier alpha value is -1.89. The number of rotatable bonds is 4. The van der Waals surface area contributed by atoms with Crippen molar-refractivity contribution in [3.05, 3.63) is 27.3 Å². The number of thiazole rings is 1. The van der Waals surface area contributed by atoms with Crippen LogP contribution >= 0.6 is 11.3 Å². The van der Waals surface area contributed by atoms with Gasteiger partial charge in [0, 0.05) is 19.0 Å². The lowest BCUT2D eigenvalue weighted by Crippen LogP contribution is -2.21. The molecule has 0 aliphatic rings. The van der Waals surface area contributed by atoms with Gasteiger partial charge in [-0.1, -0.05) is 0 Å². The fourth-order valence-electron chi connectivity index (χ4n) is 2.10.